The Bertz CT molecular complexity index is 4550. The van der Waals surface area contributed by atoms with Crippen LogP contribution < -0.4 is 28.7 Å². The maximum atomic E-state index is 14.7. The topological polar surface area (TPSA) is 575 Å². The molecule has 0 radical (unpaired) electrons. The first-order chi connectivity index (χ1) is 67.2. The second-order valence-corrected chi connectivity index (χ2v) is 48.5. The minimum absolute atomic E-state index is 0. The standard InChI is InChI=1S/C51H79N5O11S2.C47H79N5O9S2.C2H6N4S2.CH4N2S.H2O/c1-15-33(6)46(42(65-13)28-44(59)55-25-19-22-39(55)48(66-14)35(8)40(57)26-34(7)47(60)36-20-17-16-18-21-36)53(11)49(61)38(31(2)3)27-41(58)45(32(4)5)54(12)50(62)67-30-51(9,10)69-68-43-24-23-37(29-52-43)56(63)64;1-15-30(6)41(50(11)44(57)34(28(2)3)25-37(54)40(29(4)5)51(12)46(58)61-27-47(9,10)63-62-45(48)49)38(59-13)26-39(55)52-23-19-22-35(52)43(60-14)32(8)36(53)24-31(7)42(56)33-20-17-16-18-21-33;3-1(4)7-8-2(5)6;2-1(3)4;/h16-18,20-21,23-24,29,31-35,38-39,42,45-48,60H,15,19,22,25-28,30H2,1-14H3;16-18,20-21,28-32,34-35,38,40-43,56H,15,19,22-27H2,1-14H3,(H3,48,49);(H3,3,4)(H3,5,6);(H4,2,3,4);1H2/t33-,34-,35-,38-,39-,42+,45-,46-,47+,48+;30-,31-,32-,34-,35-,38+,40-,41-,42+,43+;;;/m00.../s1. The average molecular weight is 2170 g/mol. The predicted molar refractivity (Wildman–Crippen MR) is 587 cm³/mol. The molecule has 0 saturated carbocycles. The number of aromatic nitrogens is 1. The van der Waals surface area contributed by atoms with E-state index >= 15 is 0 Å². The number of carbonyl (C=O) groups is 10. The third-order valence-electron chi connectivity index (χ3n) is 26.5. The number of nitrogens with one attached hydrogen (secondary N) is 3. The Hall–Kier alpha value is -7.99. The molecule has 44 heteroatoms. The molecule has 6 amide bonds. The van der Waals surface area contributed by atoms with E-state index in [-0.39, 0.29) is 190 Å². The number of thiocarbonyl (C=S) groups is 1. The number of likely N-dealkylation sites (N-methyl/N-ethyl adjacent to an activating group) is 4. The molecule has 0 bridgehead atoms. The van der Waals surface area contributed by atoms with Gasteiger partial charge in [-0.15, -0.1) is 0 Å². The van der Waals surface area contributed by atoms with Gasteiger partial charge in [0.15, 0.2) is 32.2 Å². The number of nitrogens with two attached hydrogens (primary N) is 5. The summed E-state index contributed by atoms with van der Waals surface area (Å²) in [4.78, 5) is 165. The molecule has 3 heterocycles. The third kappa shape index (κ3) is 44.2. The van der Waals surface area contributed by atoms with Crippen molar-refractivity contribution in [2.24, 2.45) is 99.7 Å². The SMILES string of the molecule is CC[C@H](C)[C@@H]([C@@H](CC(=O)N1CCC[C@H]1[C@H](OC)[C@@H](C)C(=O)C[C@H](C)[C@@H](O)c1ccccc1)OC)N(C)C(=O)[C@@H](CC(=O)[C@H](C(C)C)N(C)C(=O)OCC(C)(C)SSC(=N)N)C(C)C.CC[C@H](C)[C@@H]([C@@H](CC(=O)N1CCC[C@H]1[C@H](OC)[C@@H](C)C(=O)C[C@H](C)[C@@H](O)c1ccccc1)OC)N(C)C(=O)[C@@H](CC(=O)[C@H](C(C)C)N(C)C(=O)OCC(C)(C)SSc1ccc([N+](=O)[O-])cn1)C(C)C.N=C(N)SSC(=N)N.NC(N)=S.O. The van der Waals surface area contributed by atoms with Crippen LogP contribution in [0.15, 0.2) is 84.0 Å². The number of Topliss-reactive ketones (excluding diaryl/α,β-unsaturated/α-hetero) is 4. The van der Waals surface area contributed by atoms with Crippen LogP contribution in [0.25, 0.3) is 0 Å². The van der Waals surface area contributed by atoms with Crippen molar-refractivity contribution >= 4 is 162 Å². The number of aliphatic hydroxyl groups excluding tert-OH is 2. The van der Waals surface area contributed by atoms with Crippen LogP contribution in [-0.2, 0) is 66.8 Å². The molecule has 37 nitrogen and oxygen atoms in total. The summed E-state index contributed by atoms with van der Waals surface area (Å²) in [5.41, 5.74) is 25.9. The van der Waals surface area contributed by atoms with Gasteiger partial charge < -0.3 is 102 Å². The Labute approximate surface area is 889 Å². The normalized spacial score (nSPS) is 17.4. The first kappa shape index (κ1) is 135. The summed E-state index contributed by atoms with van der Waals surface area (Å²) in [5.74, 6) is -5.84. The fourth-order valence-electron chi connectivity index (χ4n) is 18.2. The van der Waals surface area contributed by atoms with Gasteiger partial charge in [-0.25, -0.2) is 14.6 Å². The molecule has 5 rings (SSSR count). The highest BCUT2D eigenvalue weighted by molar-refractivity contribution is 8.87. The number of amidine groups is 3. The number of aliphatic hydroxyl groups is 2. The summed E-state index contributed by atoms with van der Waals surface area (Å²) < 4.78 is 34.3. The van der Waals surface area contributed by atoms with E-state index in [1.807, 2.05) is 199 Å². The molecule has 20 atom stereocenters. The van der Waals surface area contributed by atoms with Crippen LogP contribution in [0.4, 0.5) is 15.3 Å². The average Bonchev–Trinajstić information content (AvgIpc) is 1.77. The fourth-order valence-corrected chi connectivity index (χ4v) is 22.5. The maximum Gasteiger partial charge on any atom is 0.410 e. The number of hydrogen-bond acceptors (Lipinski definition) is 31. The number of carbonyl (C=O) groups excluding carboxylic acids is 10. The Morgan fingerprint density at radius 3 is 1.12 bits per heavy atom. The number of ketones is 4. The highest BCUT2D eigenvalue weighted by atomic mass is 33.1. The summed E-state index contributed by atoms with van der Waals surface area (Å²) in [6.07, 6.45) is 0.00688. The number of ether oxygens (including phenoxy) is 6. The van der Waals surface area contributed by atoms with E-state index in [0.29, 0.717) is 43.8 Å². The van der Waals surface area contributed by atoms with E-state index in [1.54, 1.807) is 61.1 Å². The number of rotatable bonds is 54. The third-order valence-corrected chi connectivity index (χ3v) is 34.4. The molecular weight excluding hydrogens is 2000 g/mol. The molecule has 1 aromatic heterocycles. The molecule has 0 unspecified atom stereocenters. The first-order valence-corrected chi connectivity index (χ1v) is 55.9. The molecule has 145 heavy (non-hydrogen) atoms. The Morgan fingerprint density at radius 2 is 0.834 bits per heavy atom. The van der Waals surface area contributed by atoms with Crippen molar-refractivity contribution in [3.05, 3.63) is 100 Å². The van der Waals surface area contributed by atoms with Gasteiger partial charge in [-0.3, -0.25) is 64.7 Å². The van der Waals surface area contributed by atoms with Crippen molar-refractivity contribution in [1.82, 2.24) is 34.4 Å². The van der Waals surface area contributed by atoms with Crippen molar-refractivity contribution in [2.75, 3.05) is 82.9 Å². The number of nitrogens with zero attached hydrogens (tertiary/aromatic N) is 8. The van der Waals surface area contributed by atoms with E-state index in [0.717, 1.165) is 56.4 Å². The van der Waals surface area contributed by atoms with Gasteiger partial charge in [-0.05, 0) is 173 Å². The van der Waals surface area contributed by atoms with Crippen LogP contribution in [0.2, 0.25) is 0 Å². The second-order valence-electron chi connectivity index (χ2n) is 40.1. The molecule has 3 aromatic rings. The molecule has 2 aliphatic rings. The number of nitro groups is 1. The second kappa shape index (κ2) is 66.5. The number of methoxy groups -OCH3 is 4. The van der Waals surface area contributed by atoms with Crippen LogP contribution >= 0.6 is 77.0 Å². The molecule has 822 valence electrons. The number of pyridine rings is 1. The van der Waals surface area contributed by atoms with Gasteiger partial charge in [-0.1, -0.05) is 206 Å². The van der Waals surface area contributed by atoms with Crippen LogP contribution in [-0.4, -0.2) is 288 Å². The largest absolute Gasteiger partial charge is 0.448 e. The Kier molecular flexibility index (Phi) is 62.0. The van der Waals surface area contributed by atoms with E-state index < -0.39 is 111 Å². The summed E-state index contributed by atoms with van der Waals surface area (Å²) in [6, 6.07) is 18.0. The quantitative estimate of drug-likeness (QED) is 0.00626. The zero-order chi connectivity index (χ0) is 110. The van der Waals surface area contributed by atoms with E-state index in [2.05, 4.69) is 28.7 Å². The minimum atomic E-state index is -0.882. The minimum Gasteiger partial charge on any atom is -0.448 e. The van der Waals surface area contributed by atoms with Gasteiger partial charge in [-0.2, -0.15) is 0 Å². The predicted octanol–water partition coefficient (Wildman–Crippen LogP) is 15.2. The molecule has 2 aliphatic heterocycles. The van der Waals surface area contributed by atoms with Gasteiger partial charge in [0.2, 0.25) is 23.6 Å². The number of likely N-dealkylation sites (tertiary alicyclic amines) is 2. The van der Waals surface area contributed by atoms with Crippen molar-refractivity contribution in [2.45, 2.75) is 303 Å². The van der Waals surface area contributed by atoms with Crippen molar-refractivity contribution in [3.8, 4) is 0 Å². The lowest BCUT2D eigenvalue weighted by atomic mass is 9.83. The number of benzene rings is 2. The molecule has 0 aliphatic carbocycles. The lowest BCUT2D eigenvalue weighted by molar-refractivity contribution is -0.385. The number of amides is 6. The molecular formula is C101H170N16O21S7. The van der Waals surface area contributed by atoms with Crippen molar-refractivity contribution in [1.29, 1.82) is 16.2 Å². The van der Waals surface area contributed by atoms with Gasteiger partial charge >= 0.3 is 12.2 Å². The molecule has 17 N–H and O–H groups in total. The van der Waals surface area contributed by atoms with E-state index in [9.17, 15) is 68.3 Å². The van der Waals surface area contributed by atoms with Crippen LogP contribution in [0.3, 0.4) is 0 Å². The first-order valence-electron chi connectivity index (χ1n) is 49.0. The summed E-state index contributed by atoms with van der Waals surface area (Å²) in [5, 5.41) is 54.1. The van der Waals surface area contributed by atoms with Gasteiger partial charge in [0, 0.05) is 125 Å². The fraction of sp³-hybridized carbons (Fsp3) is 0.693. The summed E-state index contributed by atoms with van der Waals surface area (Å²) in [7, 11) is 19.7. The molecule has 2 aromatic carbocycles. The molecule has 0 spiro atoms. The van der Waals surface area contributed by atoms with E-state index in [4.69, 9.17) is 61.9 Å². The van der Waals surface area contributed by atoms with Crippen LogP contribution in [0, 0.1) is 97.4 Å². The smallest absolute Gasteiger partial charge is 0.410 e. The zero-order valence-electron chi connectivity index (χ0n) is 90.2. The summed E-state index contributed by atoms with van der Waals surface area (Å²) in [6.45, 7) is 39.0. The molecule has 2 saturated heterocycles. The monoisotopic (exact) mass is 2170 g/mol. The Balaban J connectivity index is 0.00000130. The van der Waals surface area contributed by atoms with Crippen molar-refractivity contribution in [3.63, 3.8) is 0 Å². The van der Waals surface area contributed by atoms with Crippen LogP contribution in [0.5, 0.6) is 0 Å². The molecule has 2 fully saturated rings. The lowest BCUT2D eigenvalue weighted by Gasteiger charge is -2.41. The highest BCUT2D eigenvalue weighted by Crippen LogP contribution is 2.43. The van der Waals surface area contributed by atoms with Crippen LogP contribution in [0.1, 0.15) is 239 Å². The maximum absolute atomic E-state index is 14.7. The van der Waals surface area contributed by atoms with Gasteiger partial charge in [0.05, 0.1) is 100 Å². The lowest BCUT2D eigenvalue weighted by Crippen LogP contribution is -2.54. The Morgan fingerprint density at radius 1 is 0.497 bits per heavy atom. The highest BCUT2D eigenvalue weighted by Gasteiger charge is 2.48. The summed E-state index contributed by atoms with van der Waals surface area (Å²) >= 11 is 4.09. The van der Waals surface area contributed by atoms with Gasteiger partial charge in [0.1, 0.15) is 36.0 Å². The van der Waals surface area contributed by atoms with Crippen molar-refractivity contribution < 1.29 is 97.0 Å². The van der Waals surface area contributed by atoms with E-state index in [1.165, 1.54) is 75.6 Å². The zero-order valence-corrected chi connectivity index (χ0v) is 96.0. The number of hydrogen-bond donors (Lipinski definition) is 10. The van der Waals surface area contributed by atoms with Gasteiger partial charge in [0.25, 0.3) is 5.69 Å².